The molecule has 2 aliphatic heterocycles. The van der Waals surface area contributed by atoms with Crippen LogP contribution < -0.4 is 4.90 Å². The summed E-state index contributed by atoms with van der Waals surface area (Å²) in [4.78, 5) is 21.7. The largest absolute Gasteiger partial charge is 0.357 e. The molecule has 2 aliphatic rings. The molecule has 8 nitrogen and oxygen atoms in total. The molecule has 1 atom stereocenters. The van der Waals surface area contributed by atoms with Crippen LogP contribution in [-0.4, -0.2) is 56.0 Å². The van der Waals surface area contributed by atoms with Gasteiger partial charge < -0.3 is 9.80 Å². The topological polar surface area (TPSA) is 90.9 Å². The first-order valence-corrected chi connectivity index (χ1v) is 8.94. The Balaban J connectivity index is 1.38. The predicted molar refractivity (Wildman–Crippen MR) is 91.8 cm³/mol. The number of anilines is 1. The molecule has 0 aromatic carbocycles. The Hall–Kier alpha value is -2.51. The van der Waals surface area contributed by atoms with E-state index in [9.17, 15) is 4.79 Å². The zero-order chi connectivity index (χ0) is 17.2. The highest BCUT2D eigenvalue weighted by Crippen LogP contribution is 2.33. The first-order chi connectivity index (χ1) is 12.2. The second-order valence-corrected chi connectivity index (χ2v) is 6.91. The lowest BCUT2D eigenvalue weighted by molar-refractivity contribution is -0.137. The molecule has 2 aromatic heterocycles. The number of likely N-dealkylation sites (tertiary alicyclic amines) is 1. The lowest BCUT2D eigenvalue weighted by atomic mass is 9.95. The molecule has 2 aromatic rings. The highest BCUT2D eigenvalue weighted by molar-refractivity contribution is 5.80. The summed E-state index contributed by atoms with van der Waals surface area (Å²) in [6.45, 7) is 4.57. The summed E-state index contributed by atoms with van der Waals surface area (Å²) in [7, 11) is 0. The summed E-state index contributed by atoms with van der Waals surface area (Å²) < 4.78 is 0. The smallest absolute Gasteiger partial charge is 0.226 e. The number of carbonyl (C=O) groups excluding carboxylic acids is 1. The van der Waals surface area contributed by atoms with Crippen LogP contribution in [0.5, 0.6) is 0 Å². The summed E-state index contributed by atoms with van der Waals surface area (Å²) >= 11 is 0. The van der Waals surface area contributed by atoms with Crippen molar-refractivity contribution in [2.45, 2.75) is 38.6 Å². The maximum Gasteiger partial charge on any atom is 0.226 e. The number of nitrogens with one attached hydrogen (secondary N) is 1. The molecule has 132 valence electrons. The van der Waals surface area contributed by atoms with Gasteiger partial charge in [-0.05, 0) is 44.2 Å². The Morgan fingerprint density at radius 3 is 2.72 bits per heavy atom. The number of pyridine rings is 1. The third kappa shape index (κ3) is 3.20. The molecular formula is C17H23N7O. The van der Waals surface area contributed by atoms with Crippen molar-refractivity contribution < 1.29 is 4.79 Å². The van der Waals surface area contributed by atoms with E-state index in [1.165, 1.54) is 0 Å². The van der Waals surface area contributed by atoms with Crippen LogP contribution in [0.4, 0.5) is 5.82 Å². The van der Waals surface area contributed by atoms with Crippen molar-refractivity contribution in [2.24, 2.45) is 5.92 Å². The van der Waals surface area contributed by atoms with Crippen LogP contribution in [0.15, 0.2) is 18.3 Å². The monoisotopic (exact) mass is 341 g/mol. The van der Waals surface area contributed by atoms with Gasteiger partial charge in [0, 0.05) is 31.7 Å². The van der Waals surface area contributed by atoms with Crippen molar-refractivity contribution in [2.75, 3.05) is 24.5 Å². The van der Waals surface area contributed by atoms with Gasteiger partial charge in [-0.3, -0.25) is 4.79 Å². The summed E-state index contributed by atoms with van der Waals surface area (Å²) in [5.74, 6) is 1.95. The van der Waals surface area contributed by atoms with E-state index in [-0.39, 0.29) is 17.9 Å². The number of tetrazole rings is 1. The second kappa shape index (κ2) is 6.78. The number of H-pyrrole nitrogens is 1. The number of aromatic nitrogens is 5. The molecule has 8 heteroatoms. The van der Waals surface area contributed by atoms with E-state index in [4.69, 9.17) is 0 Å². The van der Waals surface area contributed by atoms with Crippen molar-refractivity contribution in [3.05, 3.63) is 29.7 Å². The molecule has 1 N–H and O–H groups in total. The zero-order valence-electron chi connectivity index (χ0n) is 14.4. The van der Waals surface area contributed by atoms with Crippen LogP contribution in [0.25, 0.3) is 0 Å². The van der Waals surface area contributed by atoms with Gasteiger partial charge in [0.2, 0.25) is 5.91 Å². The van der Waals surface area contributed by atoms with Gasteiger partial charge in [-0.1, -0.05) is 11.3 Å². The minimum absolute atomic E-state index is 0.0250. The third-order valence-electron chi connectivity index (χ3n) is 5.26. The molecule has 1 unspecified atom stereocenters. The van der Waals surface area contributed by atoms with E-state index in [1.807, 2.05) is 18.0 Å². The van der Waals surface area contributed by atoms with E-state index in [2.05, 4.69) is 42.6 Å². The van der Waals surface area contributed by atoms with Gasteiger partial charge in [-0.2, -0.15) is 5.21 Å². The fourth-order valence-electron chi connectivity index (χ4n) is 3.85. The van der Waals surface area contributed by atoms with Crippen LogP contribution in [0.3, 0.4) is 0 Å². The lowest BCUT2D eigenvalue weighted by Gasteiger charge is -2.35. The molecule has 4 heterocycles. The normalized spacial score (nSPS) is 21.7. The molecule has 2 fully saturated rings. The van der Waals surface area contributed by atoms with E-state index in [1.54, 1.807) is 0 Å². The van der Waals surface area contributed by atoms with Gasteiger partial charge in [0.1, 0.15) is 5.82 Å². The molecule has 25 heavy (non-hydrogen) atoms. The van der Waals surface area contributed by atoms with Crippen molar-refractivity contribution in [1.29, 1.82) is 0 Å². The third-order valence-corrected chi connectivity index (χ3v) is 5.26. The van der Waals surface area contributed by atoms with Crippen molar-refractivity contribution >= 4 is 11.7 Å². The Morgan fingerprint density at radius 1 is 1.20 bits per heavy atom. The molecule has 0 saturated carbocycles. The predicted octanol–water partition coefficient (Wildman–Crippen LogP) is 1.48. The van der Waals surface area contributed by atoms with E-state index in [0.717, 1.165) is 56.7 Å². The molecular weight excluding hydrogens is 318 g/mol. The quantitative estimate of drug-likeness (QED) is 0.909. The number of amides is 1. The van der Waals surface area contributed by atoms with Gasteiger partial charge in [0.25, 0.3) is 0 Å². The number of hydrogen-bond donors (Lipinski definition) is 1. The summed E-state index contributed by atoms with van der Waals surface area (Å²) in [5, 5.41) is 14.3. The highest BCUT2D eigenvalue weighted by Gasteiger charge is 2.37. The average molecular weight is 341 g/mol. The van der Waals surface area contributed by atoms with E-state index in [0.29, 0.717) is 5.82 Å². The van der Waals surface area contributed by atoms with Crippen LogP contribution in [-0.2, 0) is 4.79 Å². The van der Waals surface area contributed by atoms with Crippen LogP contribution in [0, 0.1) is 12.8 Å². The summed E-state index contributed by atoms with van der Waals surface area (Å²) in [6, 6.07) is 4.12. The lowest BCUT2D eigenvalue weighted by Crippen LogP contribution is -2.42. The van der Waals surface area contributed by atoms with Gasteiger partial charge >= 0.3 is 0 Å². The fraction of sp³-hybridized carbons (Fsp3) is 0.588. The fourth-order valence-corrected chi connectivity index (χ4v) is 3.85. The Morgan fingerprint density at radius 2 is 2.04 bits per heavy atom. The summed E-state index contributed by atoms with van der Waals surface area (Å²) in [5.41, 5.74) is 1.16. The number of hydrogen-bond acceptors (Lipinski definition) is 6. The van der Waals surface area contributed by atoms with Gasteiger partial charge in [0.15, 0.2) is 5.82 Å². The van der Waals surface area contributed by atoms with Crippen LogP contribution in [0.2, 0.25) is 0 Å². The van der Waals surface area contributed by atoms with Gasteiger partial charge in [-0.25, -0.2) is 4.98 Å². The number of aryl methyl sites for hydroxylation is 1. The van der Waals surface area contributed by atoms with Crippen molar-refractivity contribution in [3.8, 4) is 0 Å². The molecule has 0 radical (unpaired) electrons. The summed E-state index contributed by atoms with van der Waals surface area (Å²) in [6.07, 6.45) is 5.54. The number of nitrogens with zero attached hydrogens (tertiary/aromatic N) is 6. The van der Waals surface area contributed by atoms with Crippen LogP contribution >= 0.6 is 0 Å². The number of aromatic amines is 1. The minimum Gasteiger partial charge on any atom is -0.357 e. The number of piperidine rings is 1. The number of rotatable bonds is 3. The average Bonchev–Trinajstić information content (AvgIpc) is 3.33. The maximum absolute atomic E-state index is 13.0. The molecule has 4 rings (SSSR count). The highest BCUT2D eigenvalue weighted by atomic mass is 16.2. The van der Waals surface area contributed by atoms with Crippen LogP contribution in [0.1, 0.15) is 43.1 Å². The Labute approximate surface area is 146 Å². The maximum atomic E-state index is 13.0. The van der Waals surface area contributed by atoms with E-state index >= 15 is 0 Å². The minimum atomic E-state index is -0.0250. The van der Waals surface area contributed by atoms with Gasteiger partial charge in [-0.15, -0.1) is 10.2 Å². The molecule has 0 spiro atoms. The SMILES string of the molecule is Cc1ccc(N2CCC(C(=O)N3CCCC3c3nn[nH]n3)CC2)nc1. The Kier molecular flexibility index (Phi) is 4.33. The first-order valence-electron chi connectivity index (χ1n) is 8.94. The zero-order valence-corrected chi connectivity index (χ0v) is 14.4. The van der Waals surface area contributed by atoms with E-state index < -0.39 is 0 Å². The Bertz CT molecular complexity index is 707. The molecule has 0 bridgehead atoms. The molecule has 0 aliphatic carbocycles. The van der Waals surface area contributed by atoms with Crippen molar-refractivity contribution in [3.63, 3.8) is 0 Å². The standard InChI is InChI=1S/C17H23N7O/c1-12-4-5-15(18-11-12)23-9-6-13(7-10-23)17(25)24-8-2-3-14(24)16-19-21-22-20-16/h4-5,11,13-14H,2-3,6-10H2,1H3,(H,19,20,21,22). The van der Waals surface area contributed by atoms with Crippen molar-refractivity contribution in [1.82, 2.24) is 30.5 Å². The molecule has 1 amide bonds. The molecule has 2 saturated heterocycles. The van der Waals surface area contributed by atoms with Gasteiger partial charge in [0.05, 0.1) is 6.04 Å². The number of carbonyl (C=O) groups is 1. The second-order valence-electron chi connectivity index (χ2n) is 6.91. The first kappa shape index (κ1) is 16.0.